The molecule has 2 aliphatic heterocycles. The van der Waals surface area contributed by atoms with Gasteiger partial charge in [-0.2, -0.15) is 0 Å². The summed E-state index contributed by atoms with van der Waals surface area (Å²) in [5.74, 6) is -1.06. The molecule has 2 aliphatic rings. The zero-order valence-electron chi connectivity index (χ0n) is 16.2. The monoisotopic (exact) mass is 390 g/mol. The van der Waals surface area contributed by atoms with Gasteiger partial charge in [-0.25, -0.2) is 4.79 Å². The van der Waals surface area contributed by atoms with Gasteiger partial charge in [0.05, 0.1) is 13.2 Å². The molecule has 1 aromatic rings. The Hall–Kier alpha value is -2.58. The molecule has 8 nitrogen and oxygen atoms in total. The first-order valence-electron chi connectivity index (χ1n) is 9.48. The molecular weight excluding hydrogens is 364 g/mol. The smallest absolute Gasteiger partial charge is 0.344 e. The summed E-state index contributed by atoms with van der Waals surface area (Å²) in [5.41, 5.74) is 1.19. The molecule has 28 heavy (non-hydrogen) atoms. The molecule has 152 valence electrons. The SMILES string of the molecule is CCC1OC(Nc2ccc(OCCN3CCOCC3)cc2C)=C(C(=O)O)C1=O. The second-order valence-corrected chi connectivity index (χ2v) is 6.79. The van der Waals surface area contributed by atoms with Crippen molar-refractivity contribution >= 4 is 17.4 Å². The van der Waals surface area contributed by atoms with Gasteiger partial charge in [0, 0.05) is 25.3 Å². The highest BCUT2D eigenvalue weighted by molar-refractivity contribution is 6.20. The predicted molar refractivity (Wildman–Crippen MR) is 102 cm³/mol. The van der Waals surface area contributed by atoms with E-state index in [9.17, 15) is 14.7 Å². The summed E-state index contributed by atoms with van der Waals surface area (Å²) in [6, 6.07) is 5.47. The van der Waals surface area contributed by atoms with Crippen molar-refractivity contribution in [2.24, 2.45) is 0 Å². The number of hydrogen-bond donors (Lipinski definition) is 2. The standard InChI is InChI=1S/C20H26N2O6/c1-3-16-18(23)17(20(24)25)19(28-16)21-15-5-4-14(12-13(15)2)27-11-8-22-6-9-26-10-7-22/h4-5,12,16,21H,3,6-11H2,1-2H3,(H,24,25). The third-order valence-corrected chi connectivity index (χ3v) is 4.84. The molecule has 3 rings (SSSR count). The molecule has 8 heteroatoms. The molecule has 2 heterocycles. The first-order valence-corrected chi connectivity index (χ1v) is 9.48. The van der Waals surface area contributed by atoms with E-state index in [1.807, 2.05) is 19.1 Å². The third-order valence-electron chi connectivity index (χ3n) is 4.84. The first kappa shape index (κ1) is 20.2. The van der Waals surface area contributed by atoms with E-state index < -0.39 is 17.9 Å². The van der Waals surface area contributed by atoms with E-state index in [4.69, 9.17) is 14.2 Å². The van der Waals surface area contributed by atoms with E-state index in [-0.39, 0.29) is 11.5 Å². The third kappa shape index (κ3) is 4.63. The maximum atomic E-state index is 12.1. The maximum Gasteiger partial charge on any atom is 0.344 e. The Morgan fingerprint density at radius 1 is 1.36 bits per heavy atom. The number of rotatable bonds is 8. The van der Waals surface area contributed by atoms with Gasteiger partial charge in [-0.05, 0) is 37.1 Å². The van der Waals surface area contributed by atoms with E-state index in [1.54, 1.807) is 13.0 Å². The van der Waals surface area contributed by atoms with Gasteiger partial charge in [-0.15, -0.1) is 0 Å². The van der Waals surface area contributed by atoms with Gasteiger partial charge >= 0.3 is 5.97 Å². The van der Waals surface area contributed by atoms with Crippen molar-refractivity contribution < 1.29 is 28.9 Å². The van der Waals surface area contributed by atoms with Crippen LogP contribution in [0.2, 0.25) is 0 Å². The minimum Gasteiger partial charge on any atom is -0.492 e. The summed E-state index contributed by atoms with van der Waals surface area (Å²) < 4.78 is 16.7. The number of hydrogen-bond acceptors (Lipinski definition) is 7. The number of anilines is 1. The fourth-order valence-electron chi connectivity index (χ4n) is 3.20. The van der Waals surface area contributed by atoms with Crippen LogP contribution < -0.4 is 10.1 Å². The van der Waals surface area contributed by atoms with Gasteiger partial charge in [0.25, 0.3) is 0 Å². The lowest BCUT2D eigenvalue weighted by molar-refractivity contribution is -0.134. The molecule has 0 aliphatic carbocycles. The topological polar surface area (TPSA) is 97.3 Å². The summed E-state index contributed by atoms with van der Waals surface area (Å²) in [6.07, 6.45) is -0.341. The number of aliphatic carboxylic acids is 1. The highest BCUT2D eigenvalue weighted by atomic mass is 16.5. The number of carbonyl (C=O) groups excluding carboxylic acids is 1. The van der Waals surface area contributed by atoms with Gasteiger partial charge < -0.3 is 24.6 Å². The van der Waals surface area contributed by atoms with E-state index in [2.05, 4.69) is 10.2 Å². The van der Waals surface area contributed by atoms with Gasteiger partial charge in [-0.3, -0.25) is 9.69 Å². The molecule has 1 fully saturated rings. The minimum absolute atomic E-state index is 0.00608. The van der Waals surface area contributed by atoms with Crippen LogP contribution >= 0.6 is 0 Å². The number of ether oxygens (including phenoxy) is 3. The van der Waals surface area contributed by atoms with Crippen LogP contribution in [0.5, 0.6) is 5.75 Å². The Morgan fingerprint density at radius 3 is 2.75 bits per heavy atom. The predicted octanol–water partition coefficient (Wildman–Crippen LogP) is 1.79. The summed E-state index contributed by atoms with van der Waals surface area (Å²) >= 11 is 0. The Balaban J connectivity index is 1.62. The van der Waals surface area contributed by atoms with Crippen molar-refractivity contribution in [2.45, 2.75) is 26.4 Å². The summed E-state index contributed by atoms with van der Waals surface area (Å²) in [5, 5.41) is 12.3. The van der Waals surface area contributed by atoms with E-state index in [0.717, 1.165) is 44.2 Å². The molecule has 1 aromatic carbocycles. The van der Waals surface area contributed by atoms with Crippen molar-refractivity contribution in [1.29, 1.82) is 0 Å². The van der Waals surface area contributed by atoms with Crippen LogP contribution in [0, 0.1) is 6.92 Å². The number of morpholine rings is 1. The highest BCUT2D eigenvalue weighted by Gasteiger charge is 2.38. The van der Waals surface area contributed by atoms with Gasteiger partial charge in [0.2, 0.25) is 11.7 Å². The van der Waals surface area contributed by atoms with Crippen molar-refractivity contribution in [3.8, 4) is 5.75 Å². The number of carboxylic acid groups (broad SMARTS) is 1. The van der Waals surface area contributed by atoms with Crippen LogP contribution in [0.3, 0.4) is 0 Å². The average molecular weight is 390 g/mol. The Bertz CT molecular complexity index is 770. The number of carbonyl (C=O) groups is 2. The number of benzene rings is 1. The number of nitrogens with one attached hydrogen (secondary N) is 1. The van der Waals surface area contributed by atoms with Crippen LogP contribution in [0.25, 0.3) is 0 Å². The van der Waals surface area contributed by atoms with Crippen molar-refractivity contribution in [1.82, 2.24) is 4.90 Å². The molecule has 0 spiro atoms. The van der Waals surface area contributed by atoms with Crippen molar-refractivity contribution in [3.05, 3.63) is 35.2 Å². The molecule has 0 radical (unpaired) electrons. The Kier molecular flexibility index (Phi) is 6.53. The number of carboxylic acids is 1. The van der Waals surface area contributed by atoms with Crippen LogP contribution in [0.4, 0.5) is 5.69 Å². The average Bonchev–Trinajstić information content (AvgIpc) is 3.00. The van der Waals surface area contributed by atoms with E-state index in [1.165, 1.54) is 0 Å². The molecule has 0 amide bonds. The number of nitrogens with zero attached hydrogens (tertiary/aromatic N) is 1. The second kappa shape index (κ2) is 9.07. The minimum atomic E-state index is -1.29. The fraction of sp³-hybridized carbons (Fsp3) is 0.500. The molecule has 0 aromatic heterocycles. The second-order valence-electron chi connectivity index (χ2n) is 6.79. The summed E-state index contributed by atoms with van der Waals surface area (Å²) in [7, 11) is 0. The zero-order valence-corrected chi connectivity index (χ0v) is 16.2. The molecule has 1 saturated heterocycles. The van der Waals surface area contributed by atoms with Crippen LogP contribution in [-0.4, -0.2) is 67.3 Å². The van der Waals surface area contributed by atoms with E-state index in [0.29, 0.717) is 18.7 Å². The Morgan fingerprint density at radius 2 is 2.11 bits per heavy atom. The quantitative estimate of drug-likeness (QED) is 0.649. The molecule has 0 saturated carbocycles. The molecule has 0 bridgehead atoms. The van der Waals surface area contributed by atoms with Crippen LogP contribution in [-0.2, 0) is 19.1 Å². The maximum absolute atomic E-state index is 12.1. The summed E-state index contributed by atoms with van der Waals surface area (Å²) in [4.78, 5) is 25.9. The van der Waals surface area contributed by atoms with Gasteiger partial charge in [0.1, 0.15) is 12.4 Å². The largest absolute Gasteiger partial charge is 0.492 e. The van der Waals surface area contributed by atoms with Crippen LogP contribution in [0.15, 0.2) is 29.7 Å². The summed E-state index contributed by atoms with van der Waals surface area (Å²) in [6.45, 7) is 8.44. The van der Waals surface area contributed by atoms with Crippen molar-refractivity contribution in [3.63, 3.8) is 0 Å². The highest BCUT2D eigenvalue weighted by Crippen LogP contribution is 2.28. The van der Waals surface area contributed by atoms with Crippen molar-refractivity contribution in [2.75, 3.05) is 44.8 Å². The molecule has 1 unspecified atom stereocenters. The van der Waals surface area contributed by atoms with Gasteiger partial charge in [0.15, 0.2) is 11.7 Å². The first-order chi connectivity index (χ1) is 13.5. The molecule has 1 atom stereocenters. The lowest BCUT2D eigenvalue weighted by atomic mass is 10.1. The number of aryl methyl sites for hydroxylation is 1. The van der Waals surface area contributed by atoms with E-state index >= 15 is 0 Å². The molecule has 2 N–H and O–H groups in total. The molecular formula is C20H26N2O6. The van der Waals surface area contributed by atoms with Crippen LogP contribution in [0.1, 0.15) is 18.9 Å². The zero-order chi connectivity index (χ0) is 20.1. The lowest BCUT2D eigenvalue weighted by Gasteiger charge is -2.26. The lowest BCUT2D eigenvalue weighted by Crippen LogP contribution is -2.38. The fourth-order valence-corrected chi connectivity index (χ4v) is 3.20. The van der Waals surface area contributed by atoms with Gasteiger partial charge in [-0.1, -0.05) is 6.92 Å². The normalized spacial score (nSPS) is 20.2. The Labute approximate surface area is 164 Å². The number of ketones is 1. The number of Topliss-reactive ketones (excluding diaryl/α,β-unsaturated/α-hetero) is 1.